The predicted octanol–water partition coefficient (Wildman–Crippen LogP) is 3.42. The van der Waals surface area contributed by atoms with E-state index in [0.717, 1.165) is 16.7 Å². The standard InChI is InChI=1S/C12H10ClNO/c1-8-2-3-11(12(13)4-8)9-5-10(15)7-14-6-9/h2-7,15H,1H3. The molecule has 3 heteroatoms. The molecule has 1 N–H and O–H groups in total. The highest BCUT2D eigenvalue weighted by Gasteiger charge is 2.04. The van der Waals surface area contributed by atoms with Gasteiger partial charge in [-0.2, -0.15) is 0 Å². The van der Waals surface area contributed by atoms with Crippen LogP contribution in [0, 0.1) is 6.92 Å². The van der Waals surface area contributed by atoms with Crippen molar-refractivity contribution in [1.29, 1.82) is 0 Å². The van der Waals surface area contributed by atoms with Crippen molar-refractivity contribution < 1.29 is 5.11 Å². The number of pyridine rings is 1. The van der Waals surface area contributed by atoms with Gasteiger partial charge in [-0.3, -0.25) is 4.98 Å². The fourth-order valence-corrected chi connectivity index (χ4v) is 1.77. The third kappa shape index (κ3) is 2.10. The van der Waals surface area contributed by atoms with E-state index in [2.05, 4.69) is 4.98 Å². The lowest BCUT2D eigenvalue weighted by molar-refractivity contribution is 0.473. The van der Waals surface area contributed by atoms with Gasteiger partial charge in [-0.25, -0.2) is 0 Å². The van der Waals surface area contributed by atoms with Crippen LogP contribution in [-0.4, -0.2) is 10.1 Å². The zero-order valence-corrected chi connectivity index (χ0v) is 8.99. The molecule has 0 radical (unpaired) electrons. The van der Waals surface area contributed by atoms with Gasteiger partial charge in [0.2, 0.25) is 0 Å². The summed E-state index contributed by atoms with van der Waals surface area (Å²) >= 11 is 6.11. The largest absolute Gasteiger partial charge is 0.506 e. The summed E-state index contributed by atoms with van der Waals surface area (Å²) in [6, 6.07) is 7.43. The third-order valence-electron chi connectivity index (χ3n) is 2.16. The first-order chi connectivity index (χ1) is 7.16. The Morgan fingerprint density at radius 2 is 2.00 bits per heavy atom. The molecular formula is C12H10ClNO. The van der Waals surface area contributed by atoms with Crippen LogP contribution in [0.3, 0.4) is 0 Å². The van der Waals surface area contributed by atoms with Gasteiger partial charge in [0, 0.05) is 22.3 Å². The van der Waals surface area contributed by atoms with Crippen LogP contribution in [0.2, 0.25) is 5.02 Å². The first kappa shape index (κ1) is 9.99. The molecule has 1 heterocycles. The molecule has 76 valence electrons. The SMILES string of the molecule is Cc1ccc(-c2cncc(O)c2)c(Cl)c1. The van der Waals surface area contributed by atoms with Gasteiger partial charge in [0.15, 0.2) is 0 Å². The summed E-state index contributed by atoms with van der Waals surface area (Å²) in [6.45, 7) is 1.98. The average molecular weight is 220 g/mol. The van der Waals surface area contributed by atoms with Crippen molar-refractivity contribution >= 4 is 11.6 Å². The summed E-state index contributed by atoms with van der Waals surface area (Å²) in [5.41, 5.74) is 2.81. The number of aromatic nitrogens is 1. The highest BCUT2D eigenvalue weighted by molar-refractivity contribution is 6.33. The van der Waals surface area contributed by atoms with Gasteiger partial charge in [0.1, 0.15) is 5.75 Å². The molecule has 0 aliphatic carbocycles. The molecule has 0 spiro atoms. The maximum absolute atomic E-state index is 9.31. The van der Waals surface area contributed by atoms with Crippen LogP contribution in [0.25, 0.3) is 11.1 Å². The van der Waals surface area contributed by atoms with E-state index in [9.17, 15) is 5.11 Å². The van der Waals surface area contributed by atoms with Crippen molar-refractivity contribution in [2.24, 2.45) is 0 Å². The lowest BCUT2D eigenvalue weighted by Crippen LogP contribution is -1.82. The lowest BCUT2D eigenvalue weighted by Gasteiger charge is -2.05. The minimum absolute atomic E-state index is 0.143. The summed E-state index contributed by atoms with van der Waals surface area (Å²) in [7, 11) is 0. The third-order valence-corrected chi connectivity index (χ3v) is 2.47. The molecular weight excluding hydrogens is 210 g/mol. The Balaban J connectivity index is 2.54. The Labute approximate surface area is 93.2 Å². The molecule has 1 aromatic heterocycles. The molecule has 0 amide bonds. The van der Waals surface area contributed by atoms with Crippen molar-refractivity contribution in [1.82, 2.24) is 4.98 Å². The molecule has 2 aromatic rings. The number of aryl methyl sites for hydroxylation is 1. The summed E-state index contributed by atoms with van der Waals surface area (Å²) in [5.74, 6) is 0.143. The number of halogens is 1. The van der Waals surface area contributed by atoms with E-state index in [-0.39, 0.29) is 5.75 Å². The number of aromatic hydroxyl groups is 1. The van der Waals surface area contributed by atoms with Crippen molar-refractivity contribution in [2.75, 3.05) is 0 Å². The van der Waals surface area contributed by atoms with Gasteiger partial charge in [0.05, 0.1) is 6.20 Å². The molecule has 15 heavy (non-hydrogen) atoms. The van der Waals surface area contributed by atoms with Gasteiger partial charge in [-0.1, -0.05) is 23.7 Å². The van der Waals surface area contributed by atoms with Crippen LogP contribution < -0.4 is 0 Å². The molecule has 0 aliphatic heterocycles. The van der Waals surface area contributed by atoms with Crippen LogP contribution in [0.1, 0.15) is 5.56 Å². The predicted molar refractivity (Wildman–Crippen MR) is 61.1 cm³/mol. The maximum Gasteiger partial charge on any atom is 0.134 e. The topological polar surface area (TPSA) is 33.1 Å². The Morgan fingerprint density at radius 1 is 1.20 bits per heavy atom. The Bertz CT molecular complexity index is 497. The zero-order chi connectivity index (χ0) is 10.8. The van der Waals surface area contributed by atoms with E-state index in [4.69, 9.17) is 11.6 Å². The molecule has 2 nitrogen and oxygen atoms in total. The number of hydrogen-bond donors (Lipinski definition) is 1. The van der Waals surface area contributed by atoms with Gasteiger partial charge in [-0.15, -0.1) is 0 Å². The lowest BCUT2D eigenvalue weighted by atomic mass is 10.1. The Kier molecular flexibility index (Phi) is 2.60. The summed E-state index contributed by atoms with van der Waals surface area (Å²) in [4.78, 5) is 3.92. The molecule has 0 atom stereocenters. The summed E-state index contributed by atoms with van der Waals surface area (Å²) in [5, 5.41) is 9.98. The van der Waals surface area contributed by atoms with Crippen LogP contribution in [-0.2, 0) is 0 Å². The Morgan fingerprint density at radius 3 is 2.67 bits per heavy atom. The molecule has 0 fully saturated rings. The second-order valence-corrected chi connectivity index (χ2v) is 3.82. The second-order valence-electron chi connectivity index (χ2n) is 3.42. The van der Waals surface area contributed by atoms with E-state index in [1.807, 2.05) is 25.1 Å². The van der Waals surface area contributed by atoms with E-state index < -0.39 is 0 Å². The highest BCUT2D eigenvalue weighted by atomic mass is 35.5. The Hall–Kier alpha value is -1.54. The first-order valence-corrected chi connectivity index (χ1v) is 4.95. The number of hydrogen-bond acceptors (Lipinski definition) is 2. The first-order valence-electron chi connectivity index (χ1n) is 4.57. The number of benzene rings is 1. The minimum Gasteiger partial charge on any atom is -0.506 e. The van der Waals surface area contributed by atoms with Crippen LogP contribution in [0.15, 0.2) is 36.7 Å². The molecule has 0 saturated carbocycles. The fourth-order valence-electron chi connectivity index (χ4n) is 1.43. The molecule has 2 rings (SSSR count). The van der Waals surface area contributed by atoms with Gasteiger partial charge in [-0.05, 0) is 24.6 Å². The normalized spacial score (nSPS) is 10.3. The number of nitrogens with zero attached hydrogens (tertiary/aromatic N) is 1. The molecule has 0 bridgehead atoms. The molecule has 0 aliphatic rings. The molecule has 1 aromatic carbocycles. The molecule has 0 unspecified atom stereocenters. The monoisotopic (exact) mass is 219 g/mol. The van der Waals surface area contributed by atoms with Crippen LogP contribution >= 0.6 is 11.6 Å². The minimum atomic E-state index is 0.143. The van der Waals surface area contributed by atoms with E-state index in [1.165, 1.54) is 6.20 Å². The van der Waals surface area contributed by atoms with Gasteiger partial charge in [0.25, 0.3) is 0 Å². The van der Waals surface area contributed by atoms with Crippen molar-refractivity contribution in [2.45, 2.75) is 6.92 Å². The fraction of sp³-hybridized carbons (Fsp3) is 0.0833. The van der Waals surface area contributed by atoms with E-state index in [1.54, 1.807) is 12.3 Å². The van der Waals surface area contributed by atoms with Gasteiger partial charge >= 0.3 is 0 Å². The highest BCUT2D eigenvalue weighted by Crippen LogP contribution is 2.29. The van der Waals surface area contributed by atoms with E-state index in [0.29, 0.717) is 5.02 Å². The zero-order valence-electron chi connectivity index (χ0n) is 8.24. The maximum atomic E-state index is 9.31. The second kappa shape index (κ2) is 3.91. The average Bonchev–Trinajstić information content (AvgIpc) is 2.17. The van der Waals surface area contributed by atoms with Crippen molar-refractivity contribution in [3.05, 3.63) is 47.2 Å². The van der Waals surface area contributed by atoms with Crippen LogP contribution in [0.5, 0.6) is 5.75 Å². The quantitative estimate of drug-likeness (QED) is 0.797. The van der Waals surface area contributed by atoms with Crippen LogP contribution in [0.4, 0.5) is 0 Å². The number of rotatable bonds is 1. The smallest absolute Gasteiger partial charge is 0.134 e. The van der Waals surface area contributed by atoms with E-state index >= 15 is 0 Å². The van der Waals surface area contributed by atoms with Gasteiger partial charge < -0.3 is 5.11 Å². The van der Waals surface area contributed by atoms with Crippen molar-refractivity contribution in [3.8, 4) is 16.9 Å². The van der Waals surface area contributed by atoms with Crippen molar-refractivity contribution in [3.63, 3.8) is 0 Å². The summed E-state index contributed by atoms with van der Waals surface area (Å²) < 4.78 is 0. The summed E-state index contributed by atoms with van der Waals surface area (Å²) in [6.07, 6.45) is 3.07. The molecule has 0 saturated heterocycles.